The second-order valence-corrected chi connectivity index (χ2v) is 5.34. The fourth-order valence-electron chi connectivity index (χ4n) is 1.99. The van der Waals surface area contributed by atoms with Gasteiger partial charge >= 0.3 is 6.18 Å². The van der Waals surface area contributed by atoms with Gasteiger partial charge in [-0.15, -0.1) is 0 Å². The number of carbonyl (C=O) groups is 1. The molecular formula is C12H12F3NOS. The lowest BCUT2D eigenvalue weighted by atomic mass is 9.94. The minimum atomic E-state index is -4.52. The van der Waals surface area contributed by atoms with E-state index >= 15 is 0 Å². The molecule has 0 aliphatic carbocycles. The standard InChI is InChI=1S/C12H12F3NOS/c13-12(14,15)9-3-1-2-8(10(9)16)11(17)7-4-5-18-6-7/h1-3,7H,4-6,16H2. The first kappa shape index (κ1) is 13.3. The molecular weight excluding hydrogens is 263 g/mol. The van der Waals surface area contributed by atoms with Gasteiger partial charge in [-0.2, -0.15) is 24.9 Å². The highest BCUT2D eigenvalue weighted by molar-refractivity contribution is 7.99. The summed E-state index contributed by atoms with van der Waals surface area (Å²) in [7, 11) is 0. The van der Waals surface area contributed by atoms with Gasteiger partial charge in [-0.1, -0.05) is 6.07 Å². The van der Waals surface area contributed by atoms with Crippen LogP contribution < -0.4 is 5.73 Å². The molecule has 1 fully saturated rings. The summed E-state index contributed by atoms with van der Waals surface area (Å²) >= 11 is 1.64. The summed E-state index contributed by atoms with van der Waals surface area (Å²) in [6.45, 7) is 0. The lowest BCUT2D eigenvalue weighted by Crippen LogP contribution is -2.18. The van der Waals surface area contributed by atoms with Crippen molar-refractivity contribution in [1.82, 2.24) is 0 Å². The molecule has 1 aromatic rings. The Hall–Kier alpha value is -1.17. The zero-order chi connectivity index (χ0) is 13.3. The Kier molecular flexibility index (Phi) is 3.56. The van der Waals surface area contributed by atoms with E-state index in [0.717, 1.165) is 11.8 Å². The van der Waals surface area contributed by atoms with Crippen molar-refractivity contribution in [2.24, 2.45) is 5.92 Å². The van der Waals surface area contributed by atoms with Gasteiger partial charge in [0.25, 0.3) is 0 Å². The Morgan fingerprint density at radius 1 is 1.39 bits per heavy atom. The number of hydrogen-bond acceptors (Lipinski definition) is 3. The van der Waals surface area contributed by atoms with Gasteiger partial charge in [-0.25, -0.2) is 0 Å². The molecule has 0 bridgehead atoms. The number of benzene rings is 1. The number of nitrogens with two attached hydrogens (primary N) is 1. The quantitative estimate of drug-likeness (QED) is 0.665. The van der Waals surface area contributed by atoms with Gasteiger partial charge in [-0.3, -0.25) is 4.79 Å². The van der Waals surface area contributed by atoms with Crippen molar-refractivity contribution < 1.29 is 18.0 Å². The molecule has 1 saturated heterocycles. The largest absolute Gasteiger partial charge is 0.418 e. The zero-order valence-electron chi connectivity index (χ0n) is 9.46. The minimum Gasteiger partial charge on any atom is -0.398 e. The fourth-order valence-corrected chi connectivity index (χ4v) is 3.21. The van der Waals surface area contributed by atoms with Gasteiger partial charge in [0.2, 0.25) is 0 Å². The van der Waals surface area contributed by atoms with Crippen LogP contribution in [0.25, 0.3) is 0 Å². The Balaban J connectivity index is 2.36. The normalized spacial score (nSPS) is 20.1. The summed E-state index contributed by atoms with van der Waals surface area (Å²) in [5.41, 5.74) is 4.10. The number of para-hydroxylation sites is 1. The number of rotatable bonds is 2. The molecule has 1 aromatic carbocycles. The van der Waals surface area contributed by atoms with E-state index in [1.165, 1.54) is 12.1 Å². The molecule has 0 saturated carbocycles. The summed E-state index contributed by atoms with van der Waals surface area (Å²) < 4.78 is 38.0. The van der Waals surface area contributed by atoms with E-state index in [1.807, 2.05) is 0 Å². The zero-order valence-corrected chi connectivity index (χ0v) is 10.3. The third-order valence-electron chi connectivity index (χ3n) is 2.98. The average Bonchev–Trinajstić information content (AvgIpc) is 2.80. The van der Waals surface area contributed by atoms with Gasteiger partial charge in [-0.05, 0) is 24.3 Å². The van der Waals surface area contributed by atoms with Crippen molar-refractivity contribution in [3.05, 3.63) is 29.3 Å². The third-order valence-corrected chi connectivity index (χ3v) is 4.14. The van der Waals surface area contributed by atoms with Crippen molar-refractivity contribution in [2.45, 2.75) is 12.6 Å². The molecule has 2 N–H and O–H groups in total. The fraction of sp³-hybridized carbons (Fsp3) is 0.417. The summed E-state index contributed by atoms with van der Waals surface area (Å²) in [6.07, 6.45) is -3.82. The van der Waals surface area contributed by atoms with E-state index in [2.05, 4.69) is 0 Å². The SMILES string of the molecule is Nc1c(C(=O)C2CCSC2)cccc1C(F)(F)F. The molecule has 18 heavy (non-hydrogen) atoms. The number of hydrogen-bond donors (Lipinski definition) is 1. The first-order chi connectivity index (χ1) is 8.41. The highest BCUT2D eigenvalue weighted by atomic mass is 32.2. The number of anilines is 1. The van der Waals surface area contributed by atoms with E-state index in [1.54, 1.807) is 11.8 Å². The maximum Gasteiger partial charge on any atom is 0.418 e. The second-order valence-electron chi connectivity index (χ2n) is 4.19. The van der Waals surface area contributed by atoms with E-state index in [4.69, 9.17) is 5.73 Å². The molecule has 2 nitrogen and oxygen atoms in total. The number of nitrogen functional groups attached to an aromatic ring is 1. The molecule has 0 spiro atoms. The first-order valence-electron chi connectivity index (χ1n) is 5.49. The summed E-state index contributed by atoms with van der Waals surface area (Å²) in [5, 5.41) is 0. The Morgan fingerprint density at radius 2 is 2.11 bits per heavy atom. The van der Waals surface area contributed by atoms with Crippen LogP contribution in [0.1, 0.15) is 22.3 Å². The molecule has 1 heterocycles. The topological polar surface area (TPSA) is 43.1 Å². The molecule has 1 aliphatic rings. The maximum absolute atomic E-state index is 12.7. The molecule has 6 heteroatoms. The first-order valence-corrected chi connectivity index (χ1v) is 6.64. The van der Waals surface area contributed by atoms with E-state index in [-0.39, 0.29) is 17.3 Å². The van der Waals surface area contributed by atoms with Crippen molar-refractivity contribution in [3.63, 3.8) is 0 Å². The van der Waals surface area contributed by atoms with Crippen LogP contribution in [0.3, 0.4) is 0 Å². The Morgan fingerprint density at radius 3 is 2.67 bits per heavy atom. The summed E-state index contributed by atoms with van der Waals surface area (Å²) in [4.78, 5) is 12.1. The van der Waals surface area contributed by atoms with Gasteiger partial charge in [0.1, 0.15) is 0 Å². The number of alkyl halides is 3. The van der Waals surface area contributed by atoms with Crippen LogP contribution in [0.4, 0.5) is 18.9 Å². The summed E-state index contributed by atoms with van der Waals surface area (Å²) in [6, 6.07) is 3.50. The van der Waals surface area contributed by atoms with Gasteiger partial charge in [0.15, 0.2) is 5.78 Å². The molecule has 2 rings (SSSR count). The second kappa shape index (κ2) is 4.84. The lowest BCUT2D eigenvalue weighted by Gasteiger charge is -2.14. The van der Waals surface area contributed by atoms with E-state index < -0.39 is 17.4 Å². The van der Waals surface area contributed by atoms with Crippen LogP contribution in [-0.4, -0.2) is 17.3 Å². The molecule has 0 amide bonds. The number of ketones is 1. The third kappa shape index (κ3) is 2.48. The Bertz CT molecular complexity index is 467. The molecule has 1 unspecified atom stereocenters. The molecule has 1 atom stereocenters. The van der Waals surface area contributed by atoms with Crippen LogP contribution in [0, 0.1) is 5.92 Å². The van der Waals surface area contributed by atoms with Crippen molar-refractivity contribution in [2.75, 3.05) is 17.2 Å². The van der Waals surface area contributed by atoms with Gasteiger partial charge in [0.05, 0.1) is 11.3 Å². The van der Waals surface area contributed by atoms with Crippen molar-refractivity contribution in [1.29, 1.82) is 0 Å². The van der Waals surface area contributed by atoms with Crippen LogP contribution >= 0.6 is 11.8 Å². The number of thioether (sulfide) groups is 1. The molecule has 1 aliphatic heterocycles. The smallest absolute Gasteiger partial charge is 0.398 e. The van der Waals surface area contributed by atoms with Gasteiger partial charge < -0.3 is 5.73 Å². The van der Waals surface area contributed by atoms with Crippen LogP contribution in [0.2, 0.25) is 0 Å². The molecule has 98 valence electrons. The van der Waals surface area contributed by atoms with Crippen molar-refractivity contribution in [3.8, 4) is 0 Å². The van der Waals surface area contributed by atoms with Crippen molar-refractivity contribution >= 4 is 23.2 Å². The average molecular weight is 275 g/mol. The minimum absolute atomic E-state index is 0.00248. The van der Waals surface area contributed by atoms with Gasteiger partial charge in [0, 0.05) is 17.2 Å². The number of carbonyl (C=O) groups excluding carboxylic acids is 1. The van der Waals surface area contributed by atoms with Crippen LogP contribution in [0.15, 0.2) is 18.2 Å². The predicted molar refractivity (Wildman–Crippen MR) is 65.6 cm³/mol. The highest BCUT2D eigenvalue weighted by Gasteiger charge is 2.35. The maximum atomic E-state index is 12.7. The van der Waals surface area contributed by atoms with Crippen LogP contribution in [0.5, 0.6) is 0 Å². The predicted octanol–water partition coefficient (Wildman–Crippen LogP) is 3.22. The molecule has 0 aromatic heterocycles. The highest BCUT2D eigenvalue weighted by Crippen LogP contribution is 2.36. The summed E-state index contributed by atoms with van der Waals surface area (Å²) in [5.74, 6) is 1.05. The number of halogens is 3. The number of Topliss-reactive ketones (excluding diaryl/α,β-unsaturated/α-hetero) is 1. The molecule has 0 radical (unpaired) electrons. The lowest BCUT2D eigenvalue weighted by molar-refractivity contribution is -0.136. The van der Waals surface area contributed by atoms with E-state index in [9.17, 15) is 18.0 Å². The monoisotopic (exact) mass is 275 g/mol. The van der Waals surface area contributed by atoms with Crippen LogP contribution in [-0.2, 0) is 6.18 Å². The Labute approximate surface area is 107 Å². The van der Waals surface area contributed by atoms with E-state index in [0.29, 0.717) is 12.2 Å².